The van der Waals surface area contributed by atoms with Gasteiger partial charge in [0.2, 0.25) is 0 Å². The van der Waals surface area contributed by atoms with Gasteiger partial charge in [0.05, 0.1) is 12.0 Å². The zero-order valence-electron chi connectivity index (χ0n) is 16.5. The molecular weight excluding hydrogens is 396 g/mol. The van der Waals surface area contributed by atoms with Crippen LogP contribution in [-0.2, 0) is 13.1 Å². The lowest BCUT2D eigenvalue weighted by molar-refractivity contribution is 0.0688. The fourth-order valence-corrected chi connectivity index (χ4v) is 4.44. The van der Waals surface area contributed by atoms with Gasteiger partial charge in [-0.05, 0) is 29.8 Å². The number of benzene rings is 3. The SMILES string of the molecule is COc1ccccc1CNCc1ccc2c(Sc3ccccc3)c(C(=O)O)[nH]c2c1. The molecule has 0 amide bonds. The van der Waals surface area contributed by atoms with Crippen molar-refractivity contribution >= 4 is 28.6 Å². The number of hydrogen-bond donors (Lipinski definition) is 3. The second-order valence-corrected chi connectivity index (χ2v) is 7.93. The highest BCUT2D eigenvalue weighted by Crippen LogP contribution is 2.37. The summed E-state index contributed by atoms with van der Waals surface area (Å²) in [6.45, 7) is 1.35. The van der Waals surface area contributed by atoms with Crippen LogP contribution in [0.15, 0.2) is 82.6 Å². The first-order chi connectivity index (χ1) is 14.7. The number of H-pyrrole nitrogens is 1. The molecule has 152 valence electrons. The summed E-state index contributed by atoms with van der Waals surface area (Å²) in [6, 6.07) is 23.7. The van der Waals surface area contributed by atoms with Crippen molar-refractivity contribution in [1.29, 1.82) is 0 Å². The number of rotatable bonds is 8. The molecule has 3 aromatic carbocycles. The average Bonchev–Trinajstić information content (AvgIpc) is 3.13. The number of carboxylic acid groups (broad SMARTS) is 1. The molecule has 4 rings (SSSR count). The molecule has 30 heavy (non-hydrogen) atoms. The molecule has 0 radical (unpaired) electrons. The van der Waals surface area contributed by atoms with Crippen molar-refractivity contribution < 1.29 is 14.6 Å². The number of fused-ring (bicyclic) bond motifs is 1. The molecule has 0 aliphatic rings. The summed E-state index contributed by atoms with van der Waals surface area (Å²) < 4.78 is 5.39. The van der Waals surface area contributed by atoms with Gasteiger partial charge in [0.1, 0.15) is 11.4 Å². The lowest BCUT2D eigenvalue weighted by Gasteiger charge is -2.09. The normalized spacial score (nSPS) is 11.0. The number of para-hydroxylation sites is 1. The number of carbonyl (C=O) groups is 1. The van der Waals surface area contributed by atoms with Gasteiger partial charge in [-0.2, -0.15) is 0 Å². The van der Waals surface area contributed by atoms with Crippen LogP contribution in [0, 0.1) is 0 Å². The van der Waals surface area contributed by atoms with E-state index in [0.29, 0.717) is 13.1 Å². The minimum atomic E-state index is -0.958. The highest BCUT2D eigenvalue weighted by molar-refractivity contribution is 7.99. The van der Waals surface area contributed by atoms with E-state index >= 15 is 0 Å². The first-order valence-corrected chi connectivity index (χ1v) is 10.4. The summed E-state index contributed by atoms with van der Waals surface area (Å²) in [7, 11) is 1.67. The summed E-state index contributed by atoms with van der Waals surface area (Å²) >= 11 is 1.46. The molecule has 0 saturated heterocycles. The first-order valence-electron chi connectivity index (χ1n) is 9.59. The van der Waals surface area contributed by atoms with Crippen LogP contribution in [0.1, 0.15) is 21.6 Å². The monoisotopic (exact) mass is 418 g/mol. The van der Waals surface area contributed by atoms with Crippen LogP contribution >= 0.6 is 11.8 Å². The Labute approximate surface area is 179 Å². The Morgan fingerprint density at radius 3 is 2.57 bits per heavy atom. The molecule has 0 aliphatic heterocycles. The molecule has 0 atom stereocenters. The van der Waals surface area contributed by atoms with Crippen molar-refractivity contribution in [2.24, 2.45) is 0 Å². The van der Waals surface area contributed by atoms with E-state index in [2.05, 4.69) is 10.3 Å². The summed E-state index contributed by atoms with van der Waals surface area (Å²) in [4.78, 5) is 16.6. The third kappa shape index (κ3) is 4.35. The van der Waals surface area contributed by atoms with Crippen LogP contribution in [0.5, 0.6) is 5.75 Å². The highest BCUT2D eigenvalue weighted by atomic mass is 32.2. The maximum atomic E-state index is 11.8. The first kappa shape index (κ1) is 20.1. The zero-order chi connectivity index (χ0) is 20.9. The number of aromatic amines is 1. The van der Waals surface area contributed by atoms with Gasteiger partial charge in [-0.1, -0.05) is 60.3 Å². The molecule has 0 unspecified atom stereocenters. The predicted molar refractivity (Wildman–Crippen MR) is 119 cm³/mol. The number of carboxylic acids is 1. The zero-order valence-corrected chi connectivity index (χ0v) is 17.3. The van der Waals surface area contributed by atoms with Gasteiger partial charge in [0.15, 0.2) is 0 Å². The van der Waals surface area contributed by atoms with E-state index < -0.39 is 5.97 Å². The molecule has 0 spiro atoms. The van der Waals surface area contributed by atoms with Crippen LogP contribution in [0.3, 0.4) is 0 Å². The highest BCUT2D eigenvalue weighted by Gasteiger charge is 2.18. The van der Waals surface area contributed by atoms with Crippen LogP contribution in [0.25, 0.3) is 10.9 Å². The number of aromatic carboxylic acids is 1. The molecule has 0 saturated carbocycles. The summed E-state index contributed by atoms with van der Waals surface area (Å²) in [6.07, 6.45) is 0. The van der Waals surface area contributed by atoms with E-state index in [1.54, 1.807) is 7.11 Å². The standard InChI is InChI=1S/C24H22N2O3S/c1-29-21-10-6-5-7-17(21)15-25-14-16-11-12-19-20(13-16)26-22(24(27)28)23(19)30-18-8-3-2-4-9-18/h2-13,25-26H,14-15H2,1H3,(H,27,28). The Balaban J connectivity index is 1.54. The van der Waals surface area contributed by atoms with E-state index in [1.807, 2.05) is 72.8 Å². The van der Waals surface area contributed by atoms with Crippen LogP contribution in [0.4, 0.5) is 0 Å². The maximum absolute atomic E-state index is 11.8. The summed E-state index contributed by atoms with van der Waals surface area (Å²) in [5.74, 6) is -0.0982. The molecule has 5 nitrogen and oxygen atoms in total. The second kappa shape index (κ2) is 9.07. The van der Waals surface area contributed by atoms with E-state index in [9.17, 15) is 9.90 Å². The van der Waals surface area contributed by atoms with Crippen molar-refractivity contribution in [3.8, 4) is 5.75 Å². The van der Waals surface area contributed by atoms with E-state index in [0.717, 1.165) is 37.6 Å². The summed E-state index contributed by atoms with van der Waals surface area (Å²) in [5.41, 5.74) is 3.21. The van der Waals surface area contributed by atoms with Gasteiger partial charge in [-0.25, -0.2) is 4.79 Å². The van der Waals surface area contributed by atoms with Gasteiger partial charge in [-0.3, -0.25) is 0 Å². The number of aromatic nitrogens is 1. The minimum absolute atomic E-state index is 0.220. The Morgan fingerprint density at radius 1 is 1.03 bits per heavy atom. The molecular formula is C24H22N2O3S. The summed E-state index contributed by atoms with van der Waals surface area (Å²) in [5, 5.41) is 14.0. The molecule has 6 heteroatoms. The molecule has 1 heterocycles. The maximum Gasteiger partial charge on any atom is 0.353 e. The van der Waals surface area contributed by atoms with Crippen molar-refractivity contribution in [3.05, 3.63) is 89.6 Å². The van der Waals surface area contributed by atoms with Crippen molar-refractivity contribution in [3.63, 3.8) is 0 Å². The smallest absolute Gasteiger partial charge is 0.353 e. The number of hydrogen-bond acceptors (Lipinski definition) is 4. The van der Waals surface area contributed by atoms with E-state index in [-0.39, 0.29) is 5.69 Å². The second-order valence-electron chi connectivity index (χ2n) is 6.84. The minimum Gasteiger partial charge on any atom is -0.496 e. The predicted octanol–water partition coefficient (Wildman–Crippen LogP) is 5.32. The third-order valence-electron chi connectivity index (χ3n) is 4.83. The Morgan fingerprint density at radius 2 is 1.80 bits per heavy atom. The lowest BCUT2D eigenvalue weighted by atomic mass is 10.1. The number of nitrogens with one attached hydrogen (secondary N) is 2. The van der Waals surface area contributed by atoms with E-state index in [1.165, 1.54) is 11.8 Å². The van der Waals surface area contributed by atoms with Gasteiger partial charge >= 0.3 is 5.97 Å². The fraction of sp³-hybridized carbons (Fsp3) is 0.125. The van der Waals surface area contributed by atoms with Gasteiger partial charge < -0.3 is 20.1 Å². The third-order valence-corrected chi connectivity index (χ3v) is 5.97. The van der Waals surface area contributed by atoms with Gasteiger partial charge in [0, 0.05) is 34.5 Å². The van der Waals surface area contributed by atoms with Crippen LogP contribution < -0.4 is 10.1 Å². The van der Waals surface area contributed by atoms with Crippen molar-refractivity contribution in [2.45, 2.75) is 22.9 Å². The topological polar surface area (TPSA) is 74.3 Å². The molecule has 4 aromatic rings. The number of methoxy groups -OCH3 is 1. The number of ether oxygens (including phenoxy) is 1. The Kier molecular flexibility index (Phi) is 6.07. The molecule has 0 aliphatic carbocycles. The van der Waals surface area contributed by atoms with Crippen molar-refractivity contribution in [1.82, 2.24) is 10.3 Å². The molecule has 1 aromatic heterocycles. The van der Waals surface area contributed by atoms with Gasteiger partial charge in [0.25, 0.3) is 0 Å². The quantitative estimate of drug-likeness (QED) is 0.361. The molecule has 0 bridgehead atoms. The van der Waals surface area contributed by atoms with Crippen molar-refractivity contribution in [2.75, 3.05) is 7.11 Å². The Bertz CT molecular complexity index is 1170. The fourth-order valence-electron chi connectivity index (χ4n) is 3.38. The Hall–Kier alpha value is -3.22. The van der Waals surface area contributed by atoms with Crippen LogP contribution in [0.2, 0.25) is 0 Å². The largest absolute Gasteiger partial charge is 0.496 e. The van der Waals surface area contributed by atoms with Crippen LogP contribution in [-0.4, -0.2) is 23.2 Å². The lowest BCUT2D eigenvalue weighted by Crippen LogP contribution is -2.13. The van der Waals surface area contributed by atoms with E-state index in [4.69, 9.17) is 4.74 Å². The molecule has 0 fully saturated rings. The van der Waals surface area contributed by atoms with Gasteiger partial charge in [-0.15, -0.1) is 0 Å². The average molecular weight is 419 g/mol. The molecule has 3 N–H and O–H groups in total.